The average molecular weight is 419 g/mol. The molecule has 0 aromatic carbocycles. The number of aryl methyl sites for hydroxylation is 3. The van der Waals surface area contributed by atoms with Gasteiger partial charge in [0.25, 0.3) is 5.56 Å². The smallest absolute Gasteiger partial charge is 0.349 e. The van der Waals surface area contributed by atoms with E-state index in [1.54, 1.807) is 4.57 Å². The van der Waals surface area contributed by atoms with Gasteiger partial charge in [-0.2, -0.15) is 0 Å². The van der Waals surface area contributed by atoms with Gasteiger partial charge in [-0.1, -0.05) is 27.2 Å². The van der Waals surface area contributed by atoms with Crippen molar-refractivity contribution in [2.24, 2.45) is 0 Å². The molecule has 1 N–H and O–H groups in total. The first-order valence-corrected chi connectivity index (χ1v) is 10.8. The van der Waals surface area contributed by atoms with Crippen molar-refractivity contribution in [1.82, 2.24) is 19.1 Å². The number of imidazole rings is 1. The summed E-state index contributed by atoms with van der Waals surface area (Å²) in [4.78, 5) is 44.8. The van der Waals surface area contributed by atoms with Gasteiger partial charge < -0.3 is 9.30 Å². The van der Waals surface area contributed by atoms with E-state index in [0.717, 1.165) is 31.2 Å². The molecule has 0 fully saturated rings. The number of esters is 1. The first-order valence-electron chi connectivity index (χ1n) is 9.97. The molecule has 3 heterocycles. The Labute approximate surface area is 172 Å². The maximum absolute atomic E-state index is 12.5. The molecule has 8 nitrogen and oxygen atoms in total. The van der Waals surface area contributed by atoms with Crippen molar-refractivity contribution in [3.05, 3.63) is 48.5 Å². The quantitative estimate of drug-likeness (QED) is 0.539. The number of ether oxygens (including phenoxy) is 1. The topological polar surface area (TPSA) is 99.0 Å². The molecule has 0 aliphatic carbocycles. The van der Waals surface area contributed by atoms with Crippen LogP contribution in [0.25, 0.3) is 11.2 Å². The number of hydrogen-bond acceptors (Lipinski definition) is 6. The number of thiophene rings is 1. The predicted molar refractivity (Wildman–Crippen MR) is 113 cm³/mol. The highest BCUT2D eigenvalue weighted by Gasteiger charge is 2.20. The van der Waals surface area contributed by atoms with E-state index in [1.165, 1.54) is 15.9 Å². The lowest BCUT2D eigenvalue weighted by atomic mass is 10.2. The SMILES string of the molecule is CCCCn1c(=O)[nH]c(=O)c2c1nc(COC(=O)c1sccc1CC)n2CCC. The van der Waals surface area contributed by atoms with Gasteiger partial charge in [-0.05, 0) is 36.3 Å². The van der Waals surface area contributed by atoms with Gasteiger partial charge in [0.05, 0.1) is 0 Å². The third kappa shape index (κ3) is 4.19. The van der Waals surface area contributed by atoms with Crippen LogP contribution in [0.3, 0.4) is 0 Å². The Hall–Kier alpha value is -2.68. The summed E-state index contributed by atoms with van der Waals surface area (Å²) in [5.41, 5.74) is 0.706. The van der Waals surface area contributed by atoms with Crippen LogP contribution in [-0.4, -0.2) is 25.1 Å². The summed E-state index contributed by atoms with van der Waals surface area (Å²) in [5.74, 6) is 0.0652. The molecule has 3 aromatic heterocycles. The third-order valence-electron chi connectivity index (χ3n) is 4.79. The second kappa shape index (κ2) is 9.21. The minimum absolute atomic E-state index is 0.0595. The van der Waals surface area contributed by atoms with Crippen molar-refractivity contribution in [2.45, 2.75) is 66.2 Å². The second-order valence-electron chi connectivity index (χ2n) is 6.82. The van der Waals surface area contributed by atoms with Crippen molar-refractivity contribution in [3.63, 3.8) is 0 Å². The molecule has 0 unspecified atom stereocenters. The zero-order valence-corrected chi connectivity index (χ0v) is 17.8. The number of fused-ring (bicyclic) bond motifs is 1. The lowest BCUT2D eigenvalue weighted by Gasteiger charge is -2.08. The molecule has 9 heteroatoms. The Morgan fingerprint density at radius 2 is 1.97 bits per heavy atom. The largest absolute Gasteiger partial charge is 0.453 e. The van der Waals surface area contributed by atoms with E-state index in [-0.39, 0.29) is 6.61 Å². The van der Waals surface area contributed by atoms with Crippen molar-refractivity contribution in [1.29, 1.82) is 0 Å². The molecule has 0 aliphatic rings. The minimum atomic E-state index is -0.470. The predicted octanol–water partition coefficient (Wildman–Crippen LogP) is 3.08. The number of hydrogen-bond donors (Lipinski definition) is 1. The Bertz CT molecular complexity index is 1120. The number of H-pyrrole nitrogens is 1. The third-order valence-corrected chi connectivity index (χ3v) is 5.73. The van der Waals surface area contributed by atoms with E-state index >= 15 is 0 Å². The fourth-order valence-electron chi connectivity index (χ4n) is 3.30. The number of unbranched alkanes of at least 4 members (excludes halogenated alkanes) is 1. The number of aromatic nitrogens is 4. The molecule has 0 aliphatic heterocycles. The number of carbonyl (C=O) groups excluding carboxylic acids is 1. The molecule has 0 spiro atoms. The molecule has 0 bridgehead atoms. The van der Waals surface area contributed by atoms with Gasteiger partial charge in [-0.15, -0.1) is 11.3 Å². The van der Waals surface area contributed by atoms with Gasteiger partial charge in [0.1, 0.15) is 17.3 Å². The Balaban J connectivity index is 1.99. The number of nitrogens with zero attached hydrogens (tertiary/aromatic N) is 3. The number of nitrogens with one attached hydrogen (secondary N) is 1. The van der Waals surface area contributed by atoms with Gasteiger partial charge in [-0.3, -0.25) is 14.3 Å². The number of carbonyl (C=O) groups is 1. The summed E-state index contributed by atoms with van der Waals surface area (Å²) in [6.45, 7) is 6.96. The molecule has 0 amide bonds. The highest BCUT2D eigenvalue weighted by Crippen LogP contribution is 2.20. The fraction of sp³-hybridized carbons (Fsp3) is 0.500. The van der Waals surface area contributed by atoms with E-state index in [0.29, 0.717) is 35.0 Å². The molecule has 29 heavy (non-hydrogen) atoms. The Morgan fingerprint density at radius 1 is 1.17 bits per heavy atom. The fourth-order valence-corrected chi connectivity index (χ4v) is 4.19. The van der Waals surface area contributed by atoms with Gasteiger partial charge >= 0.3 is 11.7 Å². The highest BCUT2D eigenvalue weighted by atomic mass is 32.1. The standard InChI is InChI=1S/C20H26N4O4S/c1-4-7-10-24-17-15(18(25)22-20(24)27)23(9-5-2)14(21-17)12-28-19(26)16-13(6-3)8-11-29-16/h8,11H,4-7,9-10,12H2,1-3H3,(H,22,25,27). The zero-order valence-electron chi connectivity index (χ0n) is 17.0. The molecular weight excluding hydrogens is 392 g/mol. The van der Waals surface area contributed by atoms with E-state index in [4.69, 9.17) is 4.74 Å². The van der Waals surface area contributed by atoms with Crippen LogP contribution in [0.1, 0.15) is 61.1 Å². The maximum atomic E-state index is 12.5. The molecule has 0 radical (unpaired) electrons. The van der Waals surface area contributed by atoms with Gasteiger partial charge in [0, 0.05) is 13.1 Å². The number of rotatable bonds is 9. The van der Waals surface area contributed by atoms with Gasteiger partial charge in [0.2, 0.25) is 0 Å². The highest BCUT2D eigenvalue weighted by molar-refractivity contribution is 7.12. The Morgan fingerprint density at radius 3 is 2.66 bits per heavy atom. The monoisotopic (exact) mass is 418 g/mol. The van der Waals surface area contributed by atoms with E-state index < -0.39 is 17.2 Å². The summed E-state index contributed by atoms with van der Waals surface area (Å²) in [7, 11) is 0. The maximum Gasteiger partial charge on any atom is 0.349 e. The number of aromatic amines is 1. The van der Waals surface area contributed by atoms with E-state index in [1.807, 2.05) is 32.2 Å². The van der Waals surface area contributed by atoms with Gasteiger partial charge in [-0.25, -0.2) is 14.6 Å². The average Bonchev–Trinajstić information content (AvgIpc) is 3.31. The summed E-state index contributed by atoms with van der Waals surface area (Å²) < 4.78 is 8.75. The van der Waals surface area contributed by atoms with Crippen LogP contribution in [0.5, 0.6) is 0 Å². The summed E-state index contributed by atoms with van der Waals surface area (Å²) in [6.07, 6.45) is 3.23. The lowest BCUT2D eigenvalue weighted by Crippen LogP contribution is -2.31. The minimum Gasteiger partial charge on any atom is -0.453 e. The molecule has 0 saturated heterocycles. The molecule has 0 atom stereocenters. The summed E-state index contributed by atoms with van der Waals surface area (Å²) in [6, 6.07) is 1.92. The van der Waals surface area contributed by atoms with E-state index in [2.05, 4.69) is 9.97 Å². The molecule has 3 rings (SSSR count). The summed E-state index contributed by atoms with van der Waals surface area (Å²) >= 11 is 1.35. The molecule has 3 aromatic rings. The molecule has 156 valence electrons. The van der Waals surface area contributed by atoms with Crippen LogP contribution >= 0.6 is 11.3 Å². The van der Waals surface area contributed by atoms with Crippen molar-refractivity contribution in [3.8, 4) is 0 Å². The Kier molecular flexibility index (Phi) is 6.68. The van der Waals surface area contributed by atoms with Crippen LogP contribution in [-0.2, 0) is 30.9 Å². The van der Waals surface area contributed by atoms with Crippen LogP contribution < -0.4 is 11.2 Å². The first-order chi connectivity index (χ1) is 14.0. The molecule has 0 saturated carbocycles. The summed E-state index contributed by atoms with van der Waals surface area (Å²) in [5, 5.41) is 1.87. The first kappa shape index (κ1) is 21.0. The van der Waals surface area contributed by atoms with E-state index in [9.17, 15) is 14.4 Å². The second-order valence-corrected chi connectivity index (χ2v) is 7.74. The van der Waals surface area contributed by atoms with Crippen LogP contribution in [0, 0.1) is 0 Å². The van der Waals surface area contributed by atoms with Gasteiger partial charge in [0.15, 0.2) is 11.2 Å². The normalized spacial score (nSPS) is 11.3. The van der Waals surface area contributed by atoms with Crippen LogP contribution in [0.2, 0.25) is 0 Å². The van der Waals surface area contributed by atoms with Crippen molar-refractivity contribution < 1.29 is 9.53 Å². The van der Waals surface area contributed by atoms with Crippen LogP contribution in [0.15, 0.2) is 21.0 Å². The lowest BCUT2D eigenvalue weighted by molar-refractivity contribution is 0.0463. The zero-order chi connectivity index (χ0) is 21.0. The van der Waals surface area contributed by atoms with Crippen LogP contribution in [0.4, 0.5) is 0 Å². The van der Waals surface area contributed by atoms with Crippen molar-refractivity contribution in [2.75, 3.05) is 0 Å². The molecular formula is C20H26N4O4S. The van der Waals surface area contributed by atoms with Crippen molar-refractivity contribution >= 4 is 28.5 Å².